The topological polar surface area (TPSA) is 114 Å². The average Bonchev–Trinajstić information content (AvgIpc) is 3.16. The minimum atomic E-state index is -1.21. The Labute approximate surface area is 237 Å². The molecular formula is C31H44O9. The van der Waals surface area contributed by atoms with Gasteiger partial charge in [-0.2, -0.15) is 0 Å². The van der Waals surface area contributed by atoms with Crippen LogP contribution in [0.2, 0.25) is 0 Å². The van der Waals surface area contributed by atoms with E-state index in [2.05, 4.69) is 26.5 Å². The average molecular weight is 561 g/mol. The fraction of sp³-hybridized carbons (Fsp3) is 0.677. The van der Waals surface area contributed by atoms with Crippen LogP contribution in [0.1, 0.15) is 81.1 Å². The van der Waals surface area contributed by atoms with Crippen LogP contribution >= 0.6 is 0 Å². The van der Waals surface area contributed by atoms with Gasteiger partial charge in [0.05, 0.1) is 5.92 Å². The van der Waals surface area contributed by atoms with Gasteiger partial charge in [0.1, 0.15) is 17.6 Å². The number of esters is 4. The maximum absolute atomic E-state index is 12.9. The molecule has 222 valence electrons. The number of allylic oxidation sites excluding steroid dienone is 3. The molecule has 1 aliphatic heterocycles. The molecule has 0 N–H and O–H groups in total. The Hall–Kier alpha value is -2.94. The lowest BCUT2D eigenvalue weighted by atomic mass is 9.45. The molecule has 9 heteroatoms. The summed E-state index contributed by atoms with van der Waals surface area (Å²) in [7, 11) is 0. The highest BCUT2D eigenvalue weighted by Gasteiger charge is 2.72. The molecule has 1 saturated carbocycles. The third kappa shape index (κ3) is 5.90. The molecule has 0 radical (unpaired) electrons. The standard InChI is InChI=1S/C31H44O9/c1-10-17(3)12-13-30(9)19(5)14-26(36-20(6)32)31-24(28(37-21(7)33)40-29(31)38-22(8)34)15-23(16-25(30)31)39-27(35)18(4)11-2/h10,12,15,18-19,23,25-26,28-29H,1,11,13-14,16H2,2-9H3/b17-12+/t18?,19-,23+,25+,26+,28+,29-,30-,31-/m0/s1. The van der Waals surface area contributed by atoms with Crippen molar-refractivity contribution in [3.8, 4) is 0 Å². The lowest BCUT2D eigenvalue weighted by Gasteiger charge is -2.60. The summed E-state index contributed by atoms with van der Waals surface area (Å²) >= 11 is 0. The first-order valence-electron chi connectivity index (χ1n) is 14.1. The first-order valence-corrected chi connectivity index (χ1v) is 14.1. The maximum atomic E-state index is 12.9. The van der Waals surface area contributed by atoms with E-state index in [1.807, 2.05) is 20.8 Å². The number of rotatable bonds is 9. The van der Waals surface area contributed by atoms with Crippen molar-refractivity contribution in [2.45, 2.75) is 106 Å². The van der Waals surface area contributed by atoms with Crippen molar-refractivity contribution < 1.29 is 42.9 Å². The Morgan fingerprint density at radius 3 is 2.23 bits per heavy atom. The van der Waals surface area contributed by atoms with Crippen LogP contribution in [0, 0.1) is 28.6 Å². The second-order valence-electron chi connectivity index (χ2n) is 11.7. The van der Waals surface area contributed by atoms with Gasteiger partial charge >= 0.3 is 23.9 Å². The summed E-state index contributed by atoms with van der Waals surface area (Å²) in [5, 5.41) is 0. The summed E-state index contributed by atoms with van der Waals surface area (Å²) in [6, 6.07) is 0. The van der Waals surface area contributed by atoms with Crippen LogP contribution in [0.3, 0.4) is 0 Å². The van der Waals surface area contributed by atoms with E-state index in [0.29, 0.717) is 31.3 Å². The molecule has 0 bridgehead atoms. The molecule has 1 unspecified atom stereocenters. The normalized spacial score (nSPS) is 35.8. The van der Waals surface area contributed by atoms with E-state index in [1.165, 1.54) is 20.8 Å². The molecule has 9 nitrogen and oxygen atoms in total. The molecule has 1 heterocycles. The number of carbonyl (C=O) groups excluding carboxylic acids is 4. The Kier molecular flexibility index (Phi) is 9.70. The van der Waals surface area contributed by atoms with Gasteiger partial charge in [-0.05, 0) is 55.9 Å². The van der Waals surface area contributed by atoms with E-state index in [9.17, 15) is 19.2 Å². The first-order chi connectivity index (χ1) is 18.7. The molecule has 0 aromatic rings. The Morgan fingerprint density at radius 1 is 1.05 bits per heavy atom. The molecule has 0 amide bonds. The quantitative estimate of drug-likeness (QED) is 0.163. The van der Waals surface area contributed by atoms with E-state index in [0.717, 1.165) is 5.57 Å². The van der Waals surface area contributed by atoms with Gasteiger partial charge < -0.3 is 18.9 Å². The van der Waals surface area contributed by atoms with Crippen LogP contribution in [-0.4, -0.2) is 48.7 Å². The second-order valence-corrected chi connectivity index (χ2v) is 11.7. The minimum absolute atomic E-state index is 0.0392. The predicted octanol–water partition coefficient (Wildman–Crippen LogP) is 5.19. The molecule has 1 spiro atoms. The predicted molar refractivity (Wildman–Crippen MR) is 146 cm³/mol. The lowest BCUT2D eigenvalue weighted by molar-refractivity contribution is -0.257. The van der Waals surface area contributed by atoms with Crippen LogP contribution in [-0.2, 0) is 42.9 Å². The van der Waals surface area contributed by atoms with E-state index >= 15 is 0 Å². The number of hydrogen-bond donors (Lipinski definition) is 0. The van der Waals surface area contributed by atoms with Crippen molar-refractivity contribution in [1.82, 2.24) is 0 Å². The zero-order chi connectivity index (χ0) is 30.0. The van der Waals surface area contributed by atoms with Crippen molar-refractivity contribution in [1.29, 1.82) is 0 Å². The van der Waals surface area contributed by atoms with Crippen LogP contribution in [0.15, 0.2) is 36.0 Å². The molecule has 0 aromatic carbocycles. The fourth-order valence-corrected chi connectivity index (χ4v) is 6.61. The maximum Gasteiger partial charge on any atom is 0.309 e. The van der Waals surface area contributed by atoms with Crippen molar-refractivity contribution in [2.24, 2.45) is 28.6 Å². The van der Waals surface area contributed by atoms with Gasteiger partial charge in [0.15, 0.2) is 0 Å². The van der Waals surface area contributed by atoms with E-state index in [-0.39, 0.29) is 23.7 Å². The van der Waals surface area contributed by atoms with Crippen LogP contribution < -0.4 is 0 Å². The van der Waals surface area contributed by atoms with Gasteiger partial charge in [-0.15, -0.1) is 0 Å². The monoisotopic (exact) mass is 560 g/mol. The van der Waals surface area contributed by atoms with E-state index < -0.39 is 53.5 Å². The van der Waals surface area contributed by atoms with Crippen LogP contribution in [0.4, 0.5) is 0 Å². The van der Waals surface area contributed by atoms with Crippen LogP contribution in [0.25, 0.3) is 0 Å². The van der Waals surface area contributed by atoms with Crippen molar-refractivity contribution in [3.63, 3.8) is 0 Å². The zero-order valence-corrected chi connectivity index (χ0v) is 25.0. The van der Waals surface area contributed by atoms with Gasteiger partial charge in [0, 0.05) is 26.3 Å². The summed E-state index contributed by atoms with van der Waals surface area (Å²) in [4.78, 5) is 49.9. The summed E-state index contributed by atoms with van der Waals surface area (Å²) < 4.78 is 29.5. The van der Waals surface area contributed by atoms with Crippen molar-refractivity contribution >= 4 is 23.9 Å². The third-order valence-corrected chi connectivity index (χ3v) is 9.15. The number of carbonyl (C=O) groups is 4. The third-order valence-electron chi connectivity index (χ3n) is 9.15. The number of ether oxygens (including phenoxy) is 5. The SMILES string of the molecule is C=C/C(C)=C/C[C@]1(C)[C@H]2C[C@H](OC(=O)C(C)CC)C=C3[C@H](OC(C)=O)O[C@H](OC(C)=O)[C@@]32[C@H](OC(C)=O)C[C@@H]1C. The summed E-state index contributed by atoms with van der Waals surface area (Å²) in [5.74, 6) is -2.62. The largest absolute Gasteiger partial charge is 0.461 e. The van der Waals surface area contributed by atoms with Crippen LogP contribution in [0.5, 0.6) is 0 Å². The summed E-state index contributed by atoms with van der Waals surface area (Å²) in [5.41, 5.74) is -0.128. The highest BCUT2D eigenvalue weighted by atomic mass is 16.8. The lowest BCUT2D eigenvalue weighted by Crippen LogP contribution is -2.64. The van der Waals surface area contributed by atoms with E-state index in [1.54, 1.807) is 12.2 Å². The molecular weight excluding hydrogens is 516 g/mol. The zero-order valence-electron chi connectivity index (χ0n) is 25.0. The van der Waals surface area contributed by atoms with Crippen molar-refractivity contribution in [3.05, 3.63) is 36.0 Å². The Balaban J connectivity index is 2.30. The highest BCUT2D eigenvalue weighted by molar-refractivity contribution is 5.72. The summed E-state index contributed by atoms with van der Waals surface area (Å²) in [6.45, 7) is 17.7. The van der Waals surface area contributed by atoms with Gasteiger partial charge in [-0.1, -0.05) is 52.0 Å². The minimum Gasteiger partial charge on any atom is -0.461 e. The van der Waals surface area contributed by atoms with Gasteiger partial charge in [0.25, 0.3) is 0 Å². The molecule has 1 saturated heterocycles. The molecule has 2 aliphatic carbocycles. The molecule has 9 atom stereocenters. The number of hydrogen-bond acceptors (Lipinski definition) is 9. The van der Waals surface area contributed by atoms with Crippen molar-refractivity contribution in [2.75, 3.05) is 0 Å². The second kappa shape index (κ2) is 12.3. The van der Waals surface area contributed by atoms with Gasteiger partial charge in [-0.25, -0.2) is 0 Å². The highest BCUT2D eigenvalue weighted by Crippen LogP contribution is 2.67. The molecule has 3 aliphatic rings. The molecule has 3 rings (SSSR count). The molecule has 2 fully saturated rings. The van der Waals surface area contributed by atoms with Gasteiger partial charge in [-0.3, -0.25) is 23.9 Å². The first kappa shape index (κ1) is 31.6. The Bertz CT molecular complexity index is 1090. The van der Waals surface area contributed by atoms with Gasteiger partial charge in [0.2, 0.25) is 12.6 Å². The fourth-order valence-electron chi connectivity index (χ4n) is 6.61. The van der Waals surface area contributed by atoms with E-state index in [4.69, 9.17) is 23.7 Å². The summed E-state index contributed by atoms with van der Waals surface area (Å²) in [6.07, 6.45) is 3.92. The Morgan fingerprint density at radius 2 is 1.68 bits per heavy atom. The molecule has 0 aromatic heterocycles. The molecule has 40 heavy (non-hydrogen) atoms. The smallest absolute Gasteiger partial charge is 0.309 e.